The fraction of sp³-hybridized carbons (Fsp3) is 0.438. The predicted molar refractivity (Wildman–Crippen MR) is 81.6 cm³/mol. The molecular weight excluding hydrogens is 272 g/mol. The molecule has 0 bridgehead atoms. The number of carbonyl (C=O) groups excluding carboxylic acids is 1. The smallest absolute Gasteiger partial charge is 0.225 e. The molecule has 0 unspecified atom stereocenters. The molecule has 1 aliphatic heterocycles. The minimum atomic E-state index is -0.0476. The summed E-state index contributed by atoms with van der Waals surface area (Å²) in [6.07, 6.45) is 2.85. The Morgan fingerprint density at radius 3 is 2.75 bits per heavy atom. The van der Waals surface area contributed by atoms with Crippen molar-refractivity contribution in [3.05, 3.63) is 34.9 Å². The minimum Gasteiger partial charge on any atom is -0.345 e. The zero-order valence-corrected chi connectivity index (χ0v) is 12.2. The fourth-order valence-electron chi connectivity index (χ4n) is 2.19. The second-order valence-electron chi connectivity index (χ2n) is 4.88. The molecule has 1 N–H and O–H groups in total. The third-order valence-electron chi connectivity index (χ3n) is 3.31. The SMILES string of the molecule is O=C(Cc1ccccc1Cl)NCC#CCN1CCCC1. The molecule has 20 heavy (non-hydrogen) atoms. The highest BCUT2D eigenvalue weighted by Gasteiger charge is 2.08. The molecule has 0 radical (unpaired) electrons. The molecule has 1 fully saturated rings. The number of hydrogen-bond donors (Lipinski definition) is 1. The van der Waals surface area contributed by atoms with Crippen molar-refractivity contribution in [2.45, 2.75) is 19.3 Å². The molecule has 1 heterocycles. The quantitative estimate of drug-likeness (QED) is 0.862. The summed E-state index contributed by atoms with van der Waals surface area (Å²) < 4.78 is 0. The van der Waals surface area contributed by atoms with Gasteiger partial charge in [-0.15, -0.1) is 0 Å². The maximum absolute atomic E-state index is 11.7. The van der Waals surface area contributed by atoms with Gasteiger partial charge in [0.05, 0.1) is 19.5 Å². The number of amides is 1. The molecular formula is C16H19ClN2O. The molecule has 0 spiro atoms. The monoisotopic (exact) mass is 290 g/mol. The summed E-state index contributed by atoms with van der Waals surface area (Å²) in [6, 6.07) is 7.39. The van der Waals surface area contributed by atoms with Crippen LogP contribution in [-0.2, 0) is 11.2 Å². The van der Waals surface area contributed by atoms with Crippen molar-refractivity contribution in [2.24, 2.45) is 0 Å². The van der Waals surface area contributed by atoms with Gasteiger partial charge in [-0.25, -0.2) is 0 Å². The standard InChI is InChI=1S/C16H19ClN2O/c17-15-8-2-1-7-14(15)13-16(20)18-9-3-4-10-19-11-5-6-12-19/h1-2,7-8H,5-6,9-13H2,(H,18,20). The number of nitrogens with zero attached hydrogens (tertiary/aromatic N) is 1. The molecule has 3 nitrogen and oxygen atoms in total. The van der Waals surface area contributed by atoms with Crippen molar-refractivity contribution in [3.8, 4) is 11.8 Å². The van der Waals surface area contributed by atoms with Gasteiger partial charge < -0.3 is 5.32 Å². The van der Waals surface area contributed by atoms with Gasteiger partial charge in [0.25, 0.3) is 0 Å². The first-order chi connectivity index (χ1) is 9.75. The Labute approximate surface area is 125 Å². The molecule has 2 rings (SSSR count). The van der Waals surface area contributed by atoms with Gasteiger partial charge in [0.2, 0.25) is 5.91 Å². The van der Waals surface area contributed by atoms with E-state index >= 15 is 0 Å². The first kappa shape index (κ1) is 14.9. The highest BCUT2D eigenvalue weighted by Crippen LogP contribution is 2.15. The van der Waals surface area contributed by atoms with Crippen LogP contribution in [-0.4, -0.2) is 37.0 Å². The van der Waals surface area contributed by atoms with E-state index in [1.54, 1.807) is 6.07 Å². The second kappa shape index (κ2) is 7.94. The number of carbonyl (C=O) groups is 1. The van der Waals surface area contributed by atoms with E-state index in [-0.39, 0.29) is 5.91 Å². The van der Waals surface area contributed by atoms with Crippen LogP contribution in [0.5, 0.6) is 0 Å². The number of halogens is 1. The number of rotatable bonds is 4. The maximum atomic E-state index is 11.7. The molecule has 0 aliphatic carbocycles. The minimum absolute atomic E-state index is 0.0476. The molecule has 0 atom stereocenters. The van der Waals surface area contributed by atoms with Gasteiger partial charge in [0.1, 0.15) is 0 Å². The van der Waals surface area contributed by atoms with Crippen LogP contribution >= 0.6 is 11.6 Å². The van der Waals surface area contributed by atoms with Crippen LogP contribution in [0.15, 0.2) is 24.3 Å². The van der Waals surface area contributed by atoms with E-state index < -0.39 is 0 Å². The molecule has 0 aromatic heterocycles. The fourth-order valence-corrected chi connectivity index (χ4v) is 2.39. The third-order valence-corrected chi connectivity index (χ3v) is 3.68. The first-order valence-corrected chi connectivity index (χ1v) is 7.31. The van der Waals surface area contributed by atoms with Gasteiger partial charge in [-0.3, -0.25) is 9.69 Å². The number of benzene rings is 1. The summed E-state index contributed by atoms with van der Waals surface area (Å²) in [7, 11) is 0. The average molecular weight is 291 g/mol. The molecule has 106 valence electrons. The average Bonchev–Trinajstić information content (AvgIpc) is 2.94. The molecule has 1 aliphatic rings. The summed E-state index contributed by atoms with van der Waals surface area (Å²) in [6.45, 7) is 3.50. The largest absolute Gasteiger partial charge is 0.345 e. The number of nitrogens with one attached hydrogen (secondary N) is 1. The zero-order valence-electron chi connectivity index (χ0n) is 11.5. The van der Waals surface area contributed by atoms with E-state index in [1.165, 1.54) is 12.8 Å². The van der Waals surface area contributed by atoms with E-state index in [4.69, 9.17) is 11.6 Å². The number of likely N-dealkylation sites (tertiary alicyclic amines) is 1. The Morgan fingerprint density at radius 1 is 1.25 bits per heavy atom. The Kier molecular flexibility index (Phi) is 5.91. The van der Waals surface area contributed by atoms with Crippen LogP contribution in [0, 0.1) is 11.8 Å². The van der Waals surface area contributed by atoms with Gasteiger partial charge in [-0.05, 0) is 37.6 Å². The molecule has 4 heteroatoms. The normalized spacial score (nSPS) is 14.7. The van der Waals surface area contributed by atoms with Crippen molar-refractivity contribution in [2.75, 3.05) is 26.2 Å². The van der Waals surface area contributed by atoms with Crippen molar-refractivity contribution in [3.63, 3.8) is 0 Å². The van der Waals surface area contributed by atoms with Crippen LogP contribution in [0.3, 0.4) is 0 Å². The van der Waals surface area contributed by atoms with E-state index in [1.807, 2.05) is 18.2 Å². The van der Waals surface area contributed by atoms with Gasteiger partial charge in [0.15, 0.2) is 0 Å². The van der Waals surface area contributed by atoms with Gasteiger partial charge >= 0.3 is 0 Å². The Morgan fingerprint density at radius 2 is 2.00 bits per heavy atom. The Balaban J connectivity index is 1.67. The Hall–Kier alpha value is -1.50. The predicted octanol–water partition coefficient (Wildman–Crippen LogP) is 2.10. The third kappa shape index (κ3) is 4.88. The van der Waals surface area contributed by atoms with Crippen molar-refractivity contribution >= 4 is 17.5 Å². The molecule has 1 saturated heterocycles. The number of hydrogen-bond acceptors (Lipinski definition) is 2. The lowest BCUT2D eigenvalue weighted by molar-refractivity contribution is -0.120. The summed E-state index contributed by atoms with van der Waals surface area (Å²) >= 11 is 6.01. The highest BCUT2D eigenvalue weighted by atomic mass is 35.5. The van der Waals surface area contributed by atoms with Crippen LogP contribution in [0.4, 0.5) is 0 Å². The van der Waals surface area contributed by atoms with E-state index in [0.29, 0.717) is 18.0 Å². The van der Waals surface area contributed by atoms with E-state index in [9.17, 15) is 4.79 Å². The molecule has 1 aromatic carbocycles. The molecule has 0 saturated carbocycles. The summed E-state index contributed by atoms with van der Waals surface area (Å²) in [4.78, 5) is 14.1. The Bertz CT molecular complexity index is 513. The topological polar surface area (TPSA) is 32.3 Å². The molecule has 1 aromatic rings. The van der Waals surface area contributed by atoms with Crippen molar-refractivity contribution < 1.29 is 4.79 Å². The van der Waals surface area contributed by atoms with E-state index in [0.717, 1.165) is 25.2 Å². The summed E-state index contributed by atoms with van der Waals surface area (Å²) in [5.41, 5.74) is 0.844. The molecule has 1 amide bonds. The van der Waals surface area contributed by atoms with Crippen LogP contribution in [0.2, 0.25) is 5.02 Å². The zero-order chi connectivity index (χ0) is 14.2. The van der Waals surface area contributed by atoms with Gasteiger partial charge in [0, 0.05) is 5.02 Å². The van der Waals surface area contributed by atoms with E-state index in [2.05, 4.69) is 22.1 Å². The van der Waals surface area contributed by atoms with Gasteiger partial charge in [-0.2, -0.15) is 0 Å². The summed E-state index contributed by atoms with van der Waals surface area (Å²) in [5, 5.41) is 3.42. The van der Waals surface area contributed by atoms with Crippen LogP contribution in [0.25, 0.3) is 0 Å². The lowest BCUT2D eigenvalue weighted by Gasteiger charge is -2.08. The van der Waals surface area contributed by atoms with Crippen LogP contribution in [0.1, 0.15) is 18.4 Å². The lowest BCUT2D eigenvalue weighted by Crippen LogP contribution is -2.25. The van der Waals surface area contributed by atoms with Crippen molar-refractivity contribution in [1.29, 1.82) is 0 Å². The van der Waals surface area contributed by atoms with Crippen LogP contribution < -0.4 is 5.32 Å². The van der Waals surface area contributed by atoms with Crippen molar-refractivity contribution in [1.82, 2.24) is 10.2 Å². The van der Waals surface area contributed by atoms with Gasteiger partial charge in [-0.1, -0.05) is 41.6 Å². The lowest BCUT2D eigenvalue weighted by atomic mass is 10.1. The maximum Gasteiger partial charge on any atom is 0.225 e. The first-order valence-electron chi connectivity index (χ1n) is 6.94. The second-order valence-corrected chi connectivity index (χ2v) is 5.29. The highest BCUT2D eigenvalue weighted by molar-refractivity contribution is 6.31. The summed E-state index contributed by atoms with van der Waals surface area (Å²) in [5.74, 6) is 6.03.